The SMILES string of the molecule is CCCCCCCC/C=C\CCCCCCCCOc1cc(OCCCCCCCC/C=C\CCCCCCCC)cc(C2OCC(CO)O2)c1. The van der Waals surface area contributed by atoms with Crippen molar-refractivity contribution in [3.8, 4) is 11.5 Å². The Kier molecular flexibility index (Phi) is 30.2. The molecule has 1 aliphatic heterocycles. The summed E-state index contributed by atoms with van der Waals surface area (Å²) >= 11 is 0. The predicted molar refractivity (Wildman–Crippen MR) is 217 cm³/mol. The Morgan fingerprint density at radius 1 is 0.529 bits per heavy atom. The Morgan fingerprint density at radius 2 is 0.902 bits per heavy atom. The molecule has 0 amide bonds. The van der Waals surface area contributed by atoms with E-state index in [4.69, 9.17) is 18.9 Å². The van der Waals surface area contributed by atoms with Gasteiger partial charge in [0.05, 0.1) is 26.4 Å². The highest BCUT2D eigenvalue weighted by molar-refractivity contribution is 5.39. The van der Waals surface area contributed by atoms with E-state index in [0.29, 0.717) is 19.8 Å². The Labute approximate surface area is 315 Å². The third kappa shape index (κ3) is 25.7. The van der Waals surface area contributed by atoms with Crippen LogP contribution in [0.3, 0.4) is 0 Å². The number of ether oxygens (including phenoxy) is 4. The Balaban J connectivity index is 1.55. The molecule has 1 aromatic rings. The van der Waals surface area contributed by atoms with Crippen molar-refractivity contribution in [2.75, 3.05) is 26.4 Å². The van der Waals surface area contributed by atoms with Gasteiger partial charge in [-0.15, -0.1) is 0 Å². The fourth-order valence-electron chi connectivity index (χ4n) is 6.69. The monoisotopic (exact) mass is 713 g/mol. The van der Waals surface area contributed by atoms with Crippen molar-refractivity contribution in [1.82, 2.24) is 0 Å². The van der Waals surface area contributed by atoms with E-state index in [1.807, 2.05) is 18.2 Å². The number of rotatable bonds is 36. The Bertz CT molecular complexity index is 897. The van der Waals surface area contributed by atoms with Crippen LogP contribution in [0.25, 0.3) is 0 Å². The third-order valence-corrected chi connectivity index (χ3v) is 9.98. The molecule has 0 radical (unpaired) electrons. The first-order chi connectivity index (χ1) is 25.3. The van der Waals surface area contributed by atoms with Crippen LogP contribution in [0.15, 0.2) is 42.5 Å². The van der Waals surface area contributed by atoms with Gasteiger partial charge in [0.25, 0.3) is 0 Å². The van der Waals surface area contributed by atoms with Gasteiger partial charge in [0.2, 0.25) is 0 Å². The van der Waals surface area contributed by atoms with E-state index < -0.39 is 6.29 Å². The minimum atomic E-state index is -0.496. The van der Waals surface area contributed by atoms with E-state index in [1.165, 1.54) is 167 Å². The molecule has 1 saturated heterocycles. The number of hydrogen-bond acceptors (Lipinski definition) is 5. The van der Waals surface area contributed by atoms with Gasteiger partial charge in [0.1, 0.15) is 17.6 Å². The predicted octanol–water partition coefficient (Wildman–Crippen LogP) is 13.9. The van der Waals surface area contributed by atoms with Gasteiger partial charge in [-0.2, -0.15) is 0 Å². The van der Waals surface area contributed by atoms with Gasteiger partial charge in [-0.05, 0) is 76.3 Å². The summed E-state index contributed by atoms with van der Waals surface area (Å²) in [6.07, 6.45) is 45.2. The third-order valence-electron chi connectivity index (χ3n) is 9.98. The van der Waals surface area contributed by atoms with Crippen molar-refractivity contribution in [3.05, 3.63) is 48.1 Å². The first kappa shape index (κ1) is 45.3. The lowest BCUT2D eigenvalue weighted by molar-refractivity contribution is -0.0678. The van der Waals surface area contributed by atoms with Crippen LogP contribution in [0.4, 0.5) is 0 Å². The van der Waals surface area contributed by atoms with Crippen molar-refractivity contribution < 1.29 is 24.1 Å². The molecule has 1 N–H and O–H groups in total. The normalized spacial score (nSPS) is 16.2. The second-order valence-corrected chi connectivity index (χ2v) is 14.9. The van der Waals surface area contributed by atoms with E-state index in [0.717, 1.165) is 29.9 Å². The van der Waals surface area contributed by atoms with Gasteiger partial charge < -0.3 is 24.1 Å². The average Bonchev–Trinajstić information content (AvgIpc) is 3.64. The number of allylic oxidation sites excluding steroid dienone is 4. The molecule has 2 atom stereocenters. The fourth-order valence-corrected chi connectivity index (χ4v) is 6.69. The minimum absolute atomic E-state index is 0.0397. The summed E-state index contributed by atoms with van der Waals surface area (Å²) in [4.78, 5) is 0. The second-order valence-electron chi connectivity index (χ2n) is 14.9. The van der Waals surface area contributed by atoms with Crippen LogP contribution in [-0.2, 0) is 9.47 Å². The summed E-state index contributed by atoms with van der Waals surface area (Å²) in [7, 11) is 0. The fraction of sp³-hybridized carbons (Fsp3) is 0.783. The van der Waals surface area contributed by atoms with Crippen molar-refractivity contribution in [1.29, 1.82) is 0 Å². The lowest BCUT2D eigenvalue weighted by atomic mass is 10.1. The molecule has 5 nitrogen and oxygen atoms in total. The van der Waals surface area contributed by atoms with Crippen LogP contribution in [0.5, 0.6) is 11.5 Å². The van der Waals surface area contributed by atoms with Crippen molar-refractivity contribution in [2.24, 2.45) is 0 Å². The summed E-state index contributed by atoms with van der Waals surface area (Å²) in [6.45, 7) is 6.32. The van der Waals surface area contributed by atoms with E-state index in [-0.39, 0.29) is 12.7 Å². The first-order valence-electron chi connectivity index (χ1n) is 21.8. The average molecular weight is 713 g/mol. The van der Waals surface area contributed by atoms with Gasteiger partial charge in [0, 0.05) is 11.6 Å². The minimum Gasteiger partial charge on any atom is -0.493 e. The molecular formula is C46H80O5. The quantitative estimate of drug-likeness (QED) is 0.0554. The zero-order valence-electron chi connectivity index (χ0n) is 33.4. The second kappa shape index (κ2) is 34.0. The largest absolute Gasteiger partial charge is 0.493 e. The standard InChI is InChI=1S/C46H80O5/c1-3-5-7-9-11-13-15-17-19-21-23-25-27-29-31-33-35-48-43-37-42(46-50-41-45(40-47)51-46)38-44(39-43)49-36-34-32-30-28-26-24-22-20-18-16-14-12-10-8-6-4-2/h17-20,37-39,45-47H,3-16,21-36,40-41H2,1-2H3/b19-17-,20-18-. The van der Waals surface area contributed by atoms with E-state index in [1.54, 1.807) is 0 Å². The molecular weight excluding hydrogens is 633 g/mol. The number of aliphatic hydroxyl groups is 1. The molecule has 1 fully saturated rings. The number of unbranched alkanes of at least 4 members (excludes halogenated alkanes) is 24. The van der Waals surface area contributed by atoms with Gasteiger partial charge in [-0.1, -0.05) is 154 Å². The highest BCUT2D eigenvalue weighted by atomic mass is 16.7. The number of hydrogen-bond donors (Lipinski definition) is 1. The molecule has 51 heavy (non-hydrogen) atoms. The van der Waals surface area contributed by atoms with Crippen molar-refractivity contribution in [2.45, 2.75) is 206 Å². The highest BCUT2D eigenvalue weighted by Crippen LogP contribution is 2.33. The Morgan fingerprint density at radius 3 is 1.27 bits per heavy atom. The highest BCUT2D eigenvalue weighted by Gasteiger charge is 2.27. The number of benzene rings is 1. The zero-order chi connectivity index (χ0) is 36.3. The molecule has 2 unspecified atom stereocenters. The van der Waals surface area contributed by atoms with Gasteiger partial charge in [0.15, 0.2) is 6.29 Å². The van der Waals surface area contributed by atoms with Crippen molar-refractivity contribution >= 4 is 0 Å². The topological polar surface area (TPSA) is 57.2 Å². The summed E-state index contributed by atoms with van der Waals surface area (Å²) in [5, 5.41) is 9.51. The van der Waals surface area contributed by atoms with E-state index in [9.17, 15) is 5.11 Å². The molecule has 0 bridgehead atoms. The van der Waals surface area contributed by atoms with Crippen LogP contribution in [0.2, 0.25) is 0 Å². The Hall–Kier alpha value is -1.82. The van der Waals surface area contributed by atoms with E-state index >= 15 is 0 Å². The van der Waals surface area contributed by atoms with Crippen LogP contribution in [-0.4, -0.2) is 37.6 Å². The molecule has 1 aliphatic rings. The summed E-state index contributed by atoms with van der Waals surface area (Å²) in [5.41, 5.74) is 0.889. The molecule has 0 spiro atoms. The molecule has 294 valence electrons. The first-order valence-corrected chi connectivity index (χ1v) is 21.8. The summed E-state index contributed by atoms with van der Waals surface area (Å²) in [5.74, 6) is 1.60. The van der Waals surface area contributed by atoms with Crippen LogP contribution in [0, 0.1) is 0 Å². The maximum Gasteiger partial charge on any atom is 0.184 e. The summed E-state index contributed by atoms with van der Waals surface area (Å²) < 4.78 is 24.1. The van der Waals surface area contributed by atoms with E-state index in [2.05, 4.69) is 38.2 Å². The maximum atomic E-state index is 9.51. The zero-order valence-corrected chi connectivity index (χ0v) is 33.4. The molecule has 0 aliphatic carbocycles. The molecule has 1 heterocycles. The van der Waals surface area contributed by atoms with Crippen LogP contribution < -0.4 is 9.47 Å². The van der Waals surface area contributed by atoms with Gasteiger partial charge >= 0.3 is 0 Å². The van der Waals surface area contributed by atoms with Crippen LogP contribution in [0.1, 0.15) is 205 Å². The molecule has 1 aromatic carbocycles. The van der Waals surface area contributed by atoms with Crippen LogP contribution >= 0.6 is 0 Å². The molecule has 2 rings (SSSR count). The molecule has 0 aromatic heterocycles. The number of aliphatic hydroxyl groups excluding tert-OH is 1. The molecule has 5 heteroatoms. The van der Waals surface area contributed by atoms with Crippen molar-refractivity contribution in [3.63, 3.8) is 0 Å². The van der Waals surface area contributed by atoms with Gasteiger partial charge in [-0.3, -0.25) is 0 Å². The lowest BCUT2D eigenvalue weighted by Gasteiger charge is -2.16. The smallest absolute Gasteiger partial charge is 0.184 e. The maximum absolute atomic E-state index is 9.51. The van der Waals surface area contributed by atoms with Gasteiger partial charge in [-0.25, -0.2) is 0 Å². The lowest BCUT2D eigenvalue weighted by Crippen LogP contribution is -2.14. The summed E-state index contributed by atoms with van der Waals surface area (Å²) in [6, 6.07) is 6.00. The molecule has 0 saturated carbocycles.